The van der Waals surface area contributed by atoms with E-state index in [2.05, 4.69) is 32.5 Å². The van der Waals surface area contributed by atoms with Gasteiger partial charge in [0.25, 0.3) is 0 Å². The molecule has 4 nitrogen and oxygen atoms in total. The molecule has 1 fully saturated rings. The Labute approximate surface area is 148 Å². The van der Waals surface area contributed by atoms with Gasteiger partial charge in [0.05, 0.1) is 6.57 Å². The third-order valence-corrected chi connectivity index (χ3v) is 5.87. The van der Waals surface area contributed by atoms with E-state index in [0.717, 1.165) is 30.4 Å². The van der Waals surface area contributed by atoms with E-state index in [1.165, 1.54) is 42.7 Å². The second-order valence-electron chi connectivity index (χ2n) is 7.43. The van der Waals surface area contributed by atoms with E-state index in [1.807, 2.05) is 24.3 Å². The molecule has 0 bridgehead atoms. The van der Waals surface area contributed by atoms with Gasteiger partial charge in [-0.05, 0) is 54.2 Å². The number of nitrogens with one attached hydrogen (secondary N) is 2. The van der Waals surface area contributed by atoms with Gasteiger partial charge in [0.2, 0.25) is 0 Å². The molecule has 2 aromatic rings. The fraction of sp³-hybridized carbons (Fsp3) is 0.381. The van der Waals surface area contributed by atoms with E-state index >= 15 is 0 Å². The molecular weight excluding hydrogens is 308 g/mol. The molecule has 3 aliphatic rings. The number of hydrogen-bond donors (Lipinski definition) is 2. The van der Waals surface area contributed by atoms with E-state index in [9.17, 15) is 0 Å². The number of nitrogens with zero attached hydrogens (tertiary/aromatic N) is 2. The molecule has 2 atom stereocenters. The highest BCUT2D eigenvalue weighted by molar-refractivity contribution is 5.73. The van der Waals surface area contributed by atoms with Crippen molar-refractivity contribution in [2.24, 2.45) is 5.92 Å². The molecular formula is C21H22N4. The van der Waals surface area contributed by atoms with Gasteiger partial charge in [-0.3, -0.25) is 0 Å². The predicted molar refractivity (Wildman–Crippen MR) is 102 cm³/mol. The SMILES string of the molecule is [C-]#[N+]c1cccc(Nc2cc3c4c(c2)[C@@H]2CNC[C@@H]2CN4CCC3)c1. The fourth-order valence-electron chi connectivity index (χ4n) is 4.80. The zero-order chi connectivity index (χ0) is 16.8. The van der Waals surface area contributed by atoms with Crippen LogP contribution in [0, 0.1) is 12.5 Å². The highest BCUT2D eigenvalue weighted by Crippen LogP contribution is 2.46. The van der Waals surface area contributed by atoms with Crippen LogP contribution in [0.4, 0.5) is 22.7 Å². The average molecular weight is 330 g/mol. The van der Waals surface area contributed by atoms with Crippen molar-refractivity contribution in [3.05, 3.63) is 58.9 Å². The lowest BCUT2D eigenvalue weighted by Crippen LogP contribution is -2.40. The summed E-state index contributed by atoms with van der Waals surface area (Å²) >= 11 is 0. The molecule has 126 valence electrons. The van der Waals surface area contributed by atoms with Crippen LogP contribution in [0.1, 0.15) is 23.5 Å². The zero-order valence-electron chi connectivity index (χ0n) is 14.3. The van der Waals surface area contributed by atoms with Crippen LogP contribution in [0.15, 0.2) is 36.4 Å². The van der Waals surface area contributed by atoms with Gasteiger partial charge in [-0.2, -0.15) is 0 Å². The molecule has 0 saturated carbocycles. The smallest absolute Gasteiger partial charge is 0.189 e. The molecule has 3 heterocycles. The zero-order valence-corrected chi connectivity index (χ0v) is 14.3. The molecule has 0 aliphatic carbocycles. The third-order valence-electron chi connectivity index (χ3n) is 5.87. The van der Waals surface area contributed by atoms with Gasteiger partial charge >= 0.3 is 0 Å². The summed E-state index contributed by atoms with van der Waals surface area (Å²) in [4.78, 5) is 6.15. The van der Waals surface area contributed by atoms with Gasteiger partial charge in [-0.1, -0.05) is 12.1 Å². The molecule has 0 amide bonds. The Morgan fingerprint density at radius 1 is 1.16 bits per heavy atom. The summed E-state index contributed by atoms with van der Waals surface area (Å²) in [5.41, 5.74) is 7.34. The Hall–Kier alpha value is -2.51. The quantitative estimate of drug-likeness (QED) is 0.815. The van der Waals surface area contributed by atoms with Crippen LogP contribution in [-0.2, 0) is 6.42 Å². The first-order valence-corrected chi connectivity index (χ1v) is 9.19. The van der Waals surface area contributed by atoms with Gasteiger partial charge in [0.15, 0.2) is 5.69 Å². The summed E-state index contributed by atoms with van der Waals surface area (Å²) < 4.78 is 0. The van der Waals surface area contributed by atoms with Gasteiger partial charge in [0.1, 0.15) is 0 Å². The Morgan fingerprint density at radius 3 is 3.04 bits per heavy atom. The summed E-state index contributed by atoms with van der Waals surface area (Å²) in [6.45, 7) is 11.8. The minimum Gasteiger partial charge on any atom is -0.371 e. The molecule has 0 unspecified atom stereocenters. The maximum absolute atomic E-state index is 7.20. The average Bonchev–Trinajstić information content (AvgIpc) is 3.11. The third kappa shape index (κ3) is 2.47. The normalized spacial score (nSPS) is 23.6. The van der Waals surface area contributed by atoms with Gasteiger partial charge in [-0.15, -0.1) is 0 Å². The monoisotopic (exact) mass is 330 g/mol. The van der Waals surface area contributed by atoms with Crippen LogP contribution < -0.4 is 15.5 Å². The second kappa shape index (κ2) is 5.79. The summed E-state index contributed by atoms with van der Waals surface area (Å²) in [5.74, 6) is 1.37. The van der Waals surface area contributed by atoms with Crippen LogP contribution in [0.3, 0.4) is 0 Å². The molecule has 2 aromatic carbocycles. The highest BCUT2D eigenvalue weighted by Gasteiger charge is 2.38. The lowest BCUT2D eigenvalue weighted by atomic mass is 9.80. The standard InChI is InChI=1S/C21H22N4/c1-22-16-5-2-6-17(9-16)24-18-8-14-4-3-7-25-13-15-11-23-12-20(15)19(10-18)21(14)25/h2,5-6,8-10,15,20,23-24H,3-4,7,11-13H2/t15-,20-/m1/s1. The topological polar surface area (TPSA) is 31.7 Å². The number of fused-ring (bicyclic) bond motifs is 2. The van der Waals surface area contributed by atoms with Gasteiger partial charge < -0.3 is 15.5 Å². The summed E-state index contributed by atoms with van der Waals surface area (Å²) in [7, 11) is 0. The second-order valence-corrected chi connectivity index (χ2v) is 7.43. The molecule has 0 radical (unpaired) electrons. The Bertz CT molecular complexity index is 867. The molecule has 0 spiro atoms. The first-order chi connectivity index (χ1) is 12.3. The van der Waals surface area contributed by atoms with Gasteiger partial charge in [0, 0.05) is 49.2 Å². The van der Waals surface area contributed by atoms with Crippen molar-refractivity contribution in [3.8, 4) is 0 Å². The lowest BCUT2D eigenvalue weighted by Gasteiger charge is -2.42. The van der Waals surface area contributed by atoms with Crippen molar-refractivity contribution in [2.75, 3.05) is 36.4 Å². The number of rotatable bonds is 2. The van der Waals surface area contributed by atoms with Crippen LogP contribution in [0.2, 0.25) is 0 Å². The van der Waals surface area contributed by atoms with Crippen LogP contribution in [-0.4, -0.2) is 26.2 Å². The first-order valence-electron chi connectivity index (χ1n) is 9.19. The van der Waals surface area contributed by atoms with E-state index in [-0.39, 0.29) is 0 Å². The summed E-state index contributed by atoms with van der Waals surface area (Å²) in [6.07, 6.45) is 2.41. The number of hydrogen-bond acceptors (Lipinski definition) is 3. The van der Waals surface area contributed by atoms with Crippen molar-refractivity contribution in [3.63, 3.8) is 0 Å². The van der Waals surface area contributed by atoms with Crippen molar-refractivity contribution in [2.45, 2.75) is 18.8 Å². The van der Waals surface area contributed by atoms with E-state index in [0.29, 0.717) is 11.6 Å². The minimum absolute atomic E-state index is 0.638. The summed E-state index contributed by atoms with van der Waals surface area (Å²) in [5, 5.41) is 7.13. The van der Waals surface area contributed by atoms with Crippen molar-refractivity contribution in [1.29, 1.82) is 0 Å². The first kappa shape index (κ1) is 14.8. The molecule has 0 aromatic heterocycles. The van der Waals surface area contributed by atoms with E-state index in [4.69, 9.17) is 6.57 Å². The Morgan fingerprint density at radius 2 is 2.12 bits per heavy atom. The largest absolute Gasteiger partial charge is 0.371 e. The molecule has 5 rings (SSSR count). The lowest BCUT2D eigenvalue weighted by molar-refractivity contribution is 0.470. The Kier molecular flexibility index (Phi) is 3.43. The van der Waals surface area contributed by atoms with Crippen LogP contribution in [0.25, 0.3) is 4.85 Å². The Balaban J connectivity index is 1.56. The van der Waals surface area contributed by atoms with Crippen LogP contribution >= 0.6 is 0 Å². The molecule has 1 saturated heterocycles. The molecule has 3 aliphatic heterocycles. The fourth-order valence-corrected chi connectivity index (χ4v) is 4.80. The minimum atomic E-state index is 0.638. The van der Waals surface area contributed by atoms with Crippen molar-refractivity contribution < 1.29 is 0 Å². The van der Waals surface area contributed by atoms with Crippen molar-refractivity contribution >= 4 is 22.7 Å². The van der Waals surface area contributed by atoms with E-state index < -0.39 is 0 Å². The highest BCUT2D eigenvalue weighted by atomic mass is 15.2. The maximum atomic E-state index is 7.20. The molecule has 2 N–H and O–H groups in total. The number of aryl methyl sites for hydroxylation is 1. The number of anilines is 3. The van der Waals surface area contributed by atoms with E-state index in [1.54, 1.807) is 0 Å². The predicted octanol–water partition coefficient (Wildman–Crippen LogP) is 4.05. The van der Waals surface area contributed by atoms with Crippen LogP contribution in [0.5, 0.6) is 0 Å². The number of benzene rings is 2. The summed E-state index contributed by atoms with van der Waals surface area (Å²) in [6, 6.07) is 12.4. The molecule has 25 heavy (non-hydrogen) atoms. The van der Waals surface area contributed by atoms with Gasteiger partial charge in [-0.25, -0.2) is 4.85 Å². The van der Waals surface area contributed by atoms with Crippen molar-refractivity contribution in [1.82, 2.24) is 5.32 Å². The molecule has 4 heteroatoms. The maximum Gasteiger partial charge on any atom is 0.189 e.